The number of nitrogens with zero attached hydrogens (tertiary/aromatic N) is 2. The SMILES string of the molecule is CC(C)Oc1ccc(CNC(=O)N2CCN(c3ccc(F)cc3)CC2)cc1. The fourth-order valence-electron chi connectivity index (χ4n) is 3.07. The van der Waals surface area contributed by atoms with Crippen molar-refractivity contribution in [3.8, 4) is 5.75 Å². The highest BCUT2D eigenvalue weighted by molar-refractivity contribution is 5.74. The Morgan fingerprint density at radius 1 is 1.04 bits per heavy atom. The molecule has 1 saturated heterocycles. The van der Waals surface area contributed by atoms with Crippen LogP contribution in [0.5, 0.6) is 5.75 Å². The van der Waals surface area contributed by atoms with Gasteiger partial charge in [-0.2, -0.15) is 0 Å². The van der Waals surface area contributed by atoms with E-state index in [1.165, 1.54) is 12.1 Å². The molecule has 1 fully saturated rings. The first-order valence-electron chi connectivity index (χ1n) is 9.30. The van der Waals surface area contributed by atoms with Gasteiger partial charge in [-0.25, -0.2) is 9.18 Å². The maximum absolute atomic E-state index is 13.0. The minimum Gasteiger partial charge on any atom is -0.491 e. The number of benzene rings is 2. The van der Waals surface area contributed by atoms with E-state index in [9.17, 15) is 9.18 Å². The van der Waals surface area contributed by atoms with Crippen molar-refractivity contribution < 1.29 is 13.9 Å². The minimum atomic E-state index is -0.236. The fraction of sp³-hybridized carbons (Fsp3) is 0.381. The lowest BCUT2D eigenvalue weighted by atomic mass is 10.2. The van der Waals surface area contributed by atoms with E-state index < -0.39 is 0 Å². The van der Waals surface area contributed by atoms with E-state index >= 15 is 0 Å². The van der Waals surface area contributed by atoms with Crippen molar-refractivity contribution in [2.45, 2.75) is 26.5 Å². The summed E-state index contributed by atoms with van der Waals surface area (Å²) in [5, 5.41) is 2.97. The van der Waals surface area contributed by atoms with Gasteiger partial charge in [0.1, 0.15) is 11.6 Å². The van der Waals surface area contributed by atoms with E-state index in [0.717, 1.165) is 30.1 Å². The Kier molecular flexibility index (Phi) is 6.16. The van der Waals surface area contributed by atoms with Crippen LogP contribution < -0.4 is 15.0 Å². The molecule has 1 aliphatic rings. The number of carbonyl (C=O) groups excluding carboxylic acids is 1. The van der Waals surface area contributed by atoms with E-state index in [4.69, 9.17) is 4.74 Å². The van der Waals surface area contributed by atoms with Crippen LogP contribution in [0.1, 0.15) is 19.4 Å². The lowest BCUT2D eigenvalue weighted by molar-refractivity contribution is 0.194. The van der Waals surface area contributed by atoms with Gasteiger partial charge >= 0.3 is 6.03 Å². The van der Waals surface area contributed by atoms with Gasteiger partial charge in [-0.1, -0.05) is 12.1 Å². The van der Waals surface area contributed by atoms with Gasteiger partial charge in [0, 0.05) is 38.4 Å². The number of halogens is 1. The second kappa shape index (κ2) is 8.75. The Labute approximate surface area is 159 Å². The highest BCUT2D eigenvalue weighted by atomic mass is 19.1. The number of rotatable bonds is 5. The highest BCUT2D eigenvalue weighted by Crippen LogP contribution is 2.17. The van der Waals surface area contributed by atoms with Gasteiger partial charge < -0.3 is 19.9 Å². The Hall–Kier alpha value is -2.76. The average Bonchev–Trinajstić information content (AvgIpc) is 2.67. The number of urea groups is 1. The first kappa shape index (κ1) is 19.0. The largest absolute Gasteiger partial charge is 0.491 e. The van der Waals surface area contributed by atoms with Crippen molar-refractivity contribution in [1.29, 1.82) is 0 Å². The average molecular weight is 371 g/mol. The smallest absolute Gasteiger partial charge is 0.317 e. The molecular formula is C21H26FN3O2. The normalized spacial score (nSPS) is 14.4. The molecule has 1 heterocycles. The number of hydrogen-bond acceptors (Lipinski definition) is 3. The van der Waals surface area contributed by atoms with Crippen LogP contribution in [-0.4, -0.2) is 43.2 Å². The quantitative estimate of drug-likeness (QED) is 0.873. The van der Waals surface area contributed by atoms with Crippen molar-refractivity contribution >= 4 is 11.7 Å². The Morgan fingerprint density at radius 2 is 1.67 bits per heavy atom. The molecule has 0 atom stereocenters. The van der Waals surface area contributed by atoms with Crippen LogP contribution in [0.3, 0.4) is 0 Å². The molecule has 0 saturated carbocycles. The van der Waals surface area contributed by atoms with Crippen molar-refractivity contribution in [2.75, 3.05) is 31.1 Å². The van der Waals surface area contributed by atoms with Gasteiger partial charge in [0.25, 0.3) is 0 Å². The summed E-state index contributed by atoms with van der Waals surface area (Å²) in [4.78, 5) is 16.4. The van der Waals surface area contributed by atoms with Crippen LogP contribution in [0.4, 0.5) is 14.9 Å². The summed E-state index contributed by atoms with van der Waals surface area (Å²) in [6.45, 7) is 7.22. The summed E-state index contributed by atoms with van der Waals surface area (Å²) >= 11 is 0. The summed E-state index contributed by atoms with van der Waals surface area (Å²) < 4.78 is 18.7. The third-order valence-corrected chi connectivity index (χ3v) is 4.50. The van der Waals surface area contributed by atoms with Crippen LogP contribution >= 0.6 is 0 Å². The van der Waals surface area contributed by atoms with Gasteiger partial charge in [-0.15, -0.1) is 0 Å². The molecule has 1 N–H and O–H groups in total. The second-order valence-corrected chi connectivity index (χ2v) is 6.92. The first-order chi connectivity index (χ1) is 13.0. The molecule has 0 aliphatic carbocycles. The molecule has 144 valence electrons. The van der Waals surface area contributed by atoms with Crippen molar-refractivity contribution in [3.05, 3.63) is 59.9 Å². The number of anilines is 1. The minimum absolute atomic E-state index is 0.0590. The van der Waals surface area contributed by atoms with Gasteiger partial charge in [0.15, 0.2) is 0 Å². The van der Waals surface area contributed by atoms with Gasteiger partial charge in [-0.3, -0.25) is 0 Å². The molecule has 1 aliphatic heterocycles. The summed E-state index contributed by atoms with van der Waals surface area (Å²) in [7, 11) is 0. The predicted octanol–water partition coefficient (Wildman–Crippen LogP) is 3.64. The molecule has 0 unspecified atom stereocenters. The lowest BCUT2D eigenvalue weighted by Crippen LogP contribution is -2.51. The summed E-state index contributed by atoms with van der Waals surface area (Å²) in [6.07, 6.45) is 0.143. The number of amides is 2. The van der Waals surface area contributed by atoms with Crippen molar-refractivity contribution in [2.24, 2.45) is 0 Å². The zero-order valence-corrected chi connectivity index (χ0v) is 15.8. The van der Waals surface area contributed by atoms with Crippen LogP contribution in [0, 0.1) is 5.82 Å². The lowest BCUT2D eigenvalue weighted by Gasteiger charge is -2.36. The Morgan fingerprint density at radius 3 is 2.26 bits per heavy atom. The number of piperazine rings is 1. The number of ether oxygens (including phenoxy) is 1. The molecular weight excluding hydrogens is 345 g/mol. The number of hydrogen-bond donors (Lipinski definition) is 1. The molecule has 6 heteroatoms. The monoisotopic (exact) mass is 371 g/mol. The van der Waals surface area contributed by atoms with E-state index in [0.29, 0.717) is 19.6 Å². The van der Waals surface area contributed by atoms with E-state index in [1.807, 2.05) is 43.0 Å². The fourth-order valence-corrected chi connectivity index (χ4v) is 3.07. The van der Waals surface area contributed by atoms with Gasteiger partial charge in [0.05, 0.1) is 6.10 Å². The summed E-state index contributed by atoms with van der Waals surface area (Å²) in [5.41, 5.74) is 2.02. The second-order valence-electron chi connectivity index (χ2n) is 6.92. The van der Waals surface area contributed by atoms with Crippen LogP contribution in [0.25, 0.3) is 0 Å². The predicted molar refractivity (Wildman–Crippen MR) is 105 cm³/mol. The van der Waals surface area contributed by atoms with E-state index in [2.05, 4.69) is 10.2 Å². The molecule has 2 aromatic carbocycles. The zero-order valence-electron chi connectivity index (χ0n) is 15.8. The molecule has 3 rings (SSSR count). The molecule has 0 radical (unpaired) electrons. The third-order valence-electron chi connectivity index (χ3n) is 4.50. The molecule has 27 heavy (non-hydrogen) atoms. The van der Waals surface area contributed by atoms with Crippen LogP contribution in [-0.2, 0) is 6.54 Å². The first-order valence-corrected chi connectivity index (χ1v) is 9.30. The van der Waals surface area contributed by atoms with Crippen molar-refractivity contribution in [1.82, 2.24) is 10.2 Å². The van der Waals surface area contributed by atoms with Crippen LogP contribution in [0.2, 0.25) is 0 Å². The summed E-state index contributed by atoms with van der Waals surface area (Å²) in [5.74, 6) is 0.595. The zero-order chi connectivity index (χ0) is 19.2. The Bertz CT molecular complexity index is 739. The molecule has 2 aromatic rings. The molecule has 0 aromatic heterocycles. The van der Waals surface area contributed by atoms with Crippen LogP contribution in [0.15, 0.2) is 48.5 Å². The summed E-state index contributed by atoms with van der Waals surface area (Å²) in [6, 6.07) is 14.2. The Balaban J connectivity index is 1.45. The number of carbonyl (C=O) groups is 1. The highest BCUT2D eigenvalue weighted by Gasteiger charge is 2.21. The number of nitrogens with one attached hydrogen (secondary N) is 1. The van der Waals surface area contributed by atoms with Gasteiger partial charge in [-0.05, 0) is 55.8 Å². The molecule has 0 spiro atoms. The van der Waals surface area contributed by atoms with Gasteiger partial charge in [0.2, 0.25) is 0 Å². The molecule has 0 bridgehead atoms. The maximum Gasteiger partial charge on any atom is 0.317 e. The molecule has 5 nitrogen and oxygen atoms in total. The maximum atomic E-state index is 13.0. The van der Waals surface area contributed by atoms with Crippen molar-refractivity contribution in [3.63, 3.8) is 0 Å². The topological polar surface area (TPSA) is 44.8 Å². The molecule has 2 amide bonds. The van der Waals surface area contributed by atoms with E-state index in [1.54, 1.807) is 12.1 Å². The van der Waals surface area contributed by atoms with E-state index in [-0.39, 0.29) is 18.0 Å². The third kappa shape index (κ3) is 5.36. The standard InChI is InChI=1S/C21H26FN3O2/c1-16(2)27-20-9-3-17(4-10-20)15-23-21(26)25-13-11-24(12-14-25)19-7-5-18(22)6-8-19/h3-10,16H,11-15H2,1-2H3,(H,23,26).